The maximum Gasteiger partial charge on any atom is 0.253 e. The van der Waals surface area contributed by atoms with E-state index < -0.39 is 5.54 Å². The Bertz CT molecular complexity index is 1400. The summed E-state index contributed by atoms with van der Waals surface area (Å²) in [5, 5.41) is 21.9. The first-order chi connectivity index (χ1) is 15.4. The number of amides is 1. The first kappa shape index (κ1) is 20.3. The second kappa shape index (κ2) is 7.50. The fraction of sp³-hybridized carbons (Fsp3) is 0.250. The van der Waals surface area contributed by atoms with E-state index in [9.17, 15) is 10.1 Å². The summed E-state index contributed by atoms with van der Waals surface area (Å²) in [4.78, 5) is 13.1. The summed E-state index contributed by atoms with van der Waals surface area (Å²) >= 11 is 6.44. The Morgan fingerprint density at radius 1 is 1.22 bits per heavy atom. The molecule has 0 fully saturated rings. The molecule has 32 heavy (non-hydrogen) atoms. The van der Waals surface area contributed by atoms with Crippen LogP contribution >= 0.6 is 11.6 Å². The summed E-state index contributed by atoms with van der Waals surface area (Å²) in [7, 11) is 0. The Balaban J connectivity index is 1.43. The quantitative estimate of drug-likeness (QED) is 0.513. The number of aromatic nitrogens is 4. The normalized spacial score (nSPS) is 17.7. The number of hydrogen-bond donors (Lipinski definition) is 1. The number of aryl methyl sites for hydroxylation is 1. The highest BCUT2D eigenvalue weighted by molar-refractivity contribution is 6.34. The van der Waals surface area contributed by atoms with Crippen molar-refractivity contribution >= 4 is 28.4 Å². The lowest BCUT2D eigenvalue weighted by molar-refractivity contribution is 0.0884. The third-order valence-corrected chi connectivity index (χ3v) is 6.50. The molecule has 1 amide bonds. The predicted molar refractivity (Wildman–Crippen MR) is 122 cm³/mol. The minimum atomic E-state index is -0.468. The van der Waals surface area contributed by atoms with Crippen LogP contribution in [0.5, 0.6) is 0 Å². The lowest BCUT2D eigenvalue weighted by Crippen LogP contribution is -2.51. The van der Waals surface area contributed by atoms with Gasteiger partial charge in [-0.25, -0.2) is 0 Å². The van der Waals surface area contributed by atoms with E-state index in [1.165, 1.54) is 0 Å². The third-order valence-electron chi connectivity index (χ3n) is 6.19. The van der Waals surface area contributed by atoms with Gasteiger partial charge in [-0.15, -0.1) is 10.2 Å². The predicted octanol–water partition coefficient (Wildman–Crippen LogP) is 4.19. The van der Waals surface area contributed by atoms with Gasteiger partial charge in [0.15, 0.2) is 0 Å². The monoisotopic (exact) mass is 444 g/mol. The van der Waals surface area contributed by atoms with E-state index in [-0.39, 0.29) is 5.91 Å². The van der Waals surface area contributed by atoms with Crippen molar-refractivity contribution in [1.82, 2.24) is 24.6 Å². The topological polar surface area (TPSA) is 88.5 Å². The van der Waals surface area contributed by atoms with Crippen molar-refractivity contribution in [3.05, 3.63) is 76.5 Å². The molecule has 0 saturated heterocycles. The van der Waals surface area contributed by atoms with Crippen LogP contribution in [0.4, 0.5) is 0 Å². The molecule has 2 aromatic heterocycles. The maximum atomic E-state index is 13.1. The Labute approximate surface area is 190 Å². The van der Waals surface area contributed by atoms with Gasteiger partial charge in [0, 0.05) is 28.8 Å². The number of halogens is 1. The van der Waals surface area contributed by atoms with Crippen molar-refractivity contribution in [2.75, 3.05) is 0 Å². The van der Waals surface area contributed by atoms with Crippen LogP contribution in [0.15, 0.2) is 49.1 Å². The van der Waals surface area contributed by atoms with Gasteiger partial charge in [0.25, 0.3) is 5.91 Å². The van der Waals surface area contributed by atoms with Gasteiger partial charge in [-0.05, 0) is 57.0 Å². The highest BCUT2D eigenvalue weighted by atomic mass is 35.5. The van der Waals surface area contributed by atoms with Crippen LogP contribution in [0.1, 0.15) is 40.5 Å². The standard InChI is InChI=1S/C24H21ClN6O/c1-15-3-6-21-18(9-15)19(11-26)22-7-8-24(2,12-31(21)22)29-23(32)17-5-4-16(10-20(17)25)30-13-27-28-14-30/h3-6,9-10,13-14H,7-8,12H2,1-2H3,(H,29,32)/t24-/m1/s1. The van der Waals surface area contributed by atoms with Crippen molar-refractivity contribution in [3.8, 4) is 11.8 Å². The van der Waals surface area contributed by atoms with E-state index >= 15 is 0 Å². The molecule has 0 aliphatic carbocycles. The number of hydrogen-bond acceptors (Lipinski definition) is 4. The van der Waals surface area contributed by atoms with Crippen molar-refractivity contribution in [2.45, 2.75) is 38.8 Å². The van der Waals surface area contributed by atoms with Gasteiger partial charge in [-0.2, -0.15) is 5.26 Å². The zero-order valence-electron chi connectivity index (χ0n) is 17.8. The van der Waals surface area contributed by atoms with Crippen LogP contribution in [0.2, 0.25) is 5.02 Å². The van der Waals surface area contributed by atoms with E-state index in [2.05, 4.69) is 44.3 Å². The molecule has 7 nitrogen and oxygen atoms in total. The highest BCUT2D eigenvalue weighted by Crippen LogP contribution is 2.34. The molecule has 1 aliphatic rings. The summed E-state index contributed by atoms with van der Waals surface area (Å²) in [6.45, 7) is 4.66. The van der Waals surface area contributed by atoms with Crippen molar-refractivity contribution in [1.29, 1.82) is 5.26 Å². The molecule has 3 heterocycles. The molecular weight excluding hydrogens is 424 g/mol. The number of nitriles is 1. The van der Waals surface area contributed by atoms with E-state index in [1.54, 1.807) is 29.4 Å². The number of carbonyl (C=O) groups excluding carboxylic acids is 1. The largest absolute Gasteiger partial charge is 0.345 e. The lowest BCUT2D eigenvalue weighted by Gasteiger charge is -2.36. The maximum absolute atomic E-state index is 13.1. The van der Waals surface area contributed by atoms with Gasteiger partial charge in [0.2, 0.25) is 0 Å². The van der Waals surface area contributed by atoms with Crippen LogP contribution in [-0.4, -0.2) is 30.8 Å². The van der Waals surface area contributed by atoms with Crippen LogP contribution in [0.25, 0.3) is 16.6 Å². The minimum absolute atomic E-state index is 0.218. The lowest BCUT2D eigenvalue weighted by atomic mass is 9.90. The summed E-state index contributed by atoms with van der Waals surface area (Å²) in [6, 6.07) is 13.8. The van der Waals surface area contributed by atoms with Gasteiger partial charge in [0.1, 0.15) is 18.7 Å². The first-order valence-corrected chi connectivity index (χ1v) is 10.8. The summed E-state index contributed by atoms with van der Waals surface area (Å²) in [5.74, 6) is -0.218. The van der Waals surface area contributed by atoms with E-state index in [0.29, 0.717) is 23.6 Å². The number of benzene rings is 2. The number of carbonyl (C=O) groups is 1. The zero-order valence-corrected chi connectivity index (χ0v) is 18.5. The summed E-state index contributed by atoms with van der Waals surface area (Å²) < 4.78 is 3.90. The van der Waals surface area contributed by atoms with Gasteiger partial charge in [-0.3, -0.25) is 9.36 Å². The van der Waals surface area contributed by atoms with Crippen LogP contribution in [0, 0.1) is 18.3 Å². The molecule has 0 spiro atoms. The molecule has 2 aromatic carbocycles. The molecule has 0 unspecified atom stereocenters. The number of nitrogens with one attached hydrogen (secondary N) is 1. The molecule has 0 bridgehead atoms. The van der Waals surface area contributed by atoms with Crippen molar-refractivity contribution in [2.24, 2.45) is 0 Å². The van der Waals surface area contributed by atoms with Gasteiger partial charge in [0.05, 0.1) is 21.7 Å². The van der Waals surface area contributed by atoms with Crippen molar-refractivity contribution in [3.63, 3.8) is 0 Å². The fourth-order valence-corrected chi connectivity index (χ4v) is 4.80. The van der Waals surface area contributed by atoms with E-state index in [4.69, 9.17) is 11.6 Å². The highest BCUT2D eigenvalue weighted by Gasteiger charge is 2.34. The van der Waals surface area contributed by atoms with Crippen LogP contribution in [0.3, 0.4) is 0 Å². The summed E-state index contributed by atoms with van der Waals surface area (Å²) in [6.07, 6.45) is 4.60. The molecule has 1 N–H and O–H groups in total. The molecule has 0 saturated carbocycles. The molecule has 0 radical (unpaired) electrons. The number of rotatable bonds is 3. The van der Waals surface area contributed by atoms with Crippen LogP contribution in [-0.2, 0) is 13.0 Å². The number of nitrogens with zero attached hydrogens (tertiary/aromatic N) is 5. The zero-order chi connectivity index (χ0) is 22.5. The summed E-state index contributed by atoms with van der Waals surface area (Å²) in [5.41, 5.74) is 4.66. The molecule has 4 aromatic rings. The average molecular weight is 445 g/mol. The Morgan fingerprint density at radius 3 is 2.72 bits per heavy atom. The molecule has 1 atom stereocenters. The van der Waals surface area contributed by atoms with E-state index in [1.807, 2.05) is 19.9 Å². The Kier molecular flexibility index (Phi) is 4.75. The van der Waals surface area contributed by atoms with Crippen molar-refractivity contribution < 1.29 is 4.79 Å². The number of fused-ring (bicyclic) bond motifs is 3. The third kappa shape index (κ3) is 3.33. The smallest absolute Gasteiger partial charge is 0.253 e. The SMILES string of the molecule is Cc1ccc2c(c1)c(C#N)c1n2C[C@](C)(NC(=O)c2ccc(-n3cnnc3)cc2Cl)CC1. The minimum Gasteiger partial charge on any atom is -0.345 e. The molecule has 1 aliphatic heterocycles. The molecule has 5 rings (SSSR count). The second-order valence-electron chi connectivity index (χ2n) is 8.59. The Hall–Kier alpha value is -3.63. The van der Waals surface area contributed by atoms with E-state index in [0.717, 1.165) is 39.8 Å². The molecular formula is C24H21ClN6O. The Morgan fingerprint density at radius 2 is 2.00 bits per heavy atom. The van der Waals surface area contributed by atoms with Gasteiger partial charge >= 0.3 is 0 Å². The van der Waals surface area contributed by atoms with Gasteiger partial charge in [-0.1, -0.05) is 23.2 Å². The second-order valence-corrected chi connectivity index (χ2v) is 9.00. The molecule has 8 heteroatoms. The fourth-order valence-electron chi connectivity index (χ4n) is 4.54. The average Bonchev–Trinajstić information content (AvgIpc) is 3.39. The van der Waals surface area contributed by atoms with Gasteiger partial charge < -0.3 is 9.88 Å². The van der Waals surface area contributed by atoms with Crippen LogP contribution < -0.4 is 5.32 Å². The first-order valence-electron chi connectivity index (χ1n) is 10.4. The molecule has 160 valence electrons.